The van der Waals surface area contributed by atoms with Crippen molar-refractivity contribution in [3.8, 4) is 0 Å². The van der Waals surface area contributed by atoms with Gasteiger partial charge >= 0.3 is 5.97 Å². The second-order valence-corrected chi connectivity index (χ2v) is 4.45. The van der Waals surface area contributed by atoms with E-state index < -0.39 is 23.8 Å². The number of morpholine rings is 1. The first-order valence-corrected chi connectivity index (χ1v) is 5.96. The monoisotopic (exact) mass is 287 g/mol. The van der Waals surface area contributed by atoms with Crippen LogP contribution in [0.3, 0.4) is 0 Å². The molecule has 1 aliphatic heterocycles. The molecule has 0 radical (unpaired) electrons. The van der Waals surface area contributed by atoms with Crippen molar-refractivity contribution in [1.29, 1.82) is 0 Å². The maximum absolute atomic E-state index is 13.6. The Kier molecular flexibility index (Phi) is 4.01. The van der Waals surface area contributed by atoms with Gasteiger partial charge < -0.3 is 14.7 Å². The lowest BCUT2D eigenvalue weighted by atomic mass is 10.1. The van der Waals surface area contributed by atoms with E-state index in [9.17, 15) is 14.0 Å². The molecule has 1 aliphatic rings. The highest BCUT2D eigenvalue weighted by atomic mass is 35.5. The first-order chi connectivity index (χ1) is 9.00. The fourth-order valence-corrected chi connectivity index (χ4v) is 2.09. The number of aliphatic carboxylic acids is 1. The molecule has 102 valence electrons. The van der Waals surface area contributed by atoms with Gasteiger partial charge in [-0.05, 0) is 12.1 Å². The van der Waals surface area contributed by atoms with E-state index in [1.807, 2.05) is 0 Å². The first kappa shape index (κ1) is 13.8. The summed E-state index contributed by atoms with van der Waals surface area (Å²) in [5.74, 6) is -2.51. The highest BCUT2D eigenvalue weighted by Crippen LogP contribution is 2.21. The molecule has 0 bridgehead atoms. The quantitative estimate of drug-likeness (QED) is 0.893. The van der Waals surface area contributed by atoms with Crippen LogP contribution in [0, 0.1) is 5.82 Å². The van der Waals surface area contributed by atoms with Gasteiger partial charge in [-0.2, -0.15) is 0 Å². The number of benzene rings is 1. The number of carboxylic acids is 1. The predicted octanol–water partition coefficient (Wildman–Crippen LogP) is 1.40. The summed E-state index contributed by atoms with van der Waals surface area (Å²) in [5, 5.41) is 8.86. The maximum Gasteiger partial charge on any atom is 0.334 e. The van der Waals surface area contributed by atoms with E-state index in [0.717, 1.165) is 6.07 Å². The van der Waals surface area contributed by atoms with Crippen LogP contribution in [0.25, 0.3) is 0 Å². The summed E-state index contributed by atoms with van der Waals surface area (Å²) < 4.78 is 18.6. The van der Waals surface area contributed by atoms with E-state index in [1.165, 1.54) is 17.0 Å². The van der Waals surface area contributed by atoms with Gasteiger partial charge in [0.2, 0.25) is 0 Å². The van der Waals surface area contributed by atoms with Crippen molar-refractivity contribution in [3.05, 3.63) is 34.6 Å². The predicted molar refractivity (Wildman–Crippen MR) is 64.7 cm³/mol. The molecule has 19 heavy (non-hydrogen) atoms. The summed E-state index contributed by atoms with van der Waals surface area (Å²) in [6.07, 6.45) is -1.09. The second kappa shape index (κ2) is 5.54. The normalized spacial score (nSPS) is 19.3. The Bertz CT molecular complexity index is 502. The largest absolute Gasteiger partial charge is 0.479 e. The molecule has 5 nitrogen and oxygen atoms in total. The van der Waals surface area contributed by atoms with Gasteiger partial charge in [-0.1, -0.05) is 17.7 Å². The number of nitrogens with zero attached hydrogens (tertiary/aromatic N) is 1. The number of carboxylic acid groups (broad SMARTS) is 1. The highest BCUT2D eigenvalue weighted by Gasteiger charge is 2.31. The third-order valence-corrected chi connectivity index (χ3v) is 3.12. The topological polar surface area (TPSA) is 66.8 Å². The zero-order valence-electron chi connectivity index (χ0n) is 9.81. The third-order valence-electron chi connectivity index (χ3n) is 2.81. The van der Waals surface area contributed by atoms with E-state index in [-0.39, 0.29) is 30.3 Å². The van der Waals surface area contributed by atoms with Gasteiger partial charge in [-0.25, -0.2) is 9.18 Å². The average Bonchev–Trinajstić information content (AvgIpc) is 2.38. The fourth-order valence-electron chi connectivity index (χ4n) is 1.84. The average molecular weight is 288 g/mol. The molecule has 0 spiro atoms. The van der Waals surface area contributed by atoms with Gasteiger partial charge in [0.25, 0.3) is 5.91 Å². The summed E-state index contributed by atoms with van der Waals surface area (Å²) in [7, 11) is 0. The molecule has 1 aromatic carbocycles. The molecule has 1 aromatic rings. The number of carbonyl (C=O) groups excluding carboxylic acids is 1. The number of hydrogen-bond donors (Lipinski definition) is 1. The highest BCUT2D eigenvalue weighted by molar-refractivity contribution is 6.33. The summed E-state index contributed by atoms with van der Waals surface area (Å²) in [6, 6.07) is 3.94. The van der Waals surface area contributed by atoms with Crippen molar-refractivity contribution >= 4 is 23.5 Å². The number of halogens is 2. The van der Waals surface area contributed by atoms with Crippen LogP contribution in [-0.4, -0.2) is 47.7 Å². The van der Waals surface area contributed by atoms with Gasteiger partial charge in [0.15, 0.2) is 6.10 Å². The minimum Gasteiger partial charge on any atom is -0.479 e. The SMILES string of the molecule is O=C(O)C1CN(C(=O)c2c(F)cccc2Cl)CCO1. The third kappa shape index (κ3) is 2.85. The van der Waals surface area contributed by atoms with Crippen LogP contribution in [-0.2, 0) is 9.53 Å². The molecule has 7 heteroatoms. The van der Waals surface area contributed by atoms with Crippen molar-refractivity contribution in [2.24, 2.45) is 0 Å². The molecule has 1 amide bonds. The zero-order chi connectivity index (χ0) is 14.0. The molecule has 1 heterocycles. The maximum atomic E-state index is 13.6. The van der Waals surface area contributed by atoms with E-state index in [1.54, 1.807) is 0 Å². The summed E-state index contributed by atoms with van der Waals surface area (Å²) in [5.41, 5.74) is -0.241. The molecule has 0 aromatic heterocycles. The Labute approximate surface area is 113 Å². The van der Waals surface area contributed by atoms with Crippen molar-refractivity contribution in [2.45, 2.75) is 6.10 Å². The van der Waals surface area contributed by atoms with E-state index in [2.05, 4.69) is 0 Å². The molecule has 0 saturated carbocycles. The van der Waals surface area contributed by atoms with Crippen LogP contribution in [0.15, 0.2) is 18.2 Å². The minimum absolute atomic E-state index is 0.00312. The molecular weight excluding hydrogens is 277 g/mol. The number of hydrogen-bond acceptors (Lipinski definition) is 3. The minimum atomic E-state index is -1.16. The van der Waals surface area contributed by atoms with E-state index >= 15 is 0 Å². The molecule has 1 atom stereocenters. The molecule has 1 unspecified atom stereocenters. The van der Waals surface area contributed by atoms with Crippen LogP contribution in [0.2, 0.25) is 5.02 Å². The lowest BCUT2D eigenvalue weighted by molar-refractivity contribution is -0.154. The zero-order valence-corrected chi connectivity index (χ0v) is 10.6. The van der Waals surface area contributed by atoms with Gasteiger partial charge in [0, 0.05) is 6.54 Å². The number of carbonyl (C=O) groups is 2. The standard InChI is InChI=1S/C12H11ClFNO4/c13-7-2-1-3-8(14)10(7)11(16)15-4-5-19-9(6-15)12(17)18/h1-3,9H,4-6H2,(H,17,18). The fraction of sp³-hybridized carbons (Fsp3) is 0.333. The van der Waals surface area contributed by atoms with E-state index in [0.29, 0.717) is 0 Å². The Balaban J connectivity index is 2.22. The second-order valence-electron chi connectivity index (χ2n) is 4.05. The van der Waals surface area contributed by atoms with Gasteiger partial charge in [0.1, 0.15) is 5.82 Å². The number of rotatable bonds is 2. The Morgan fingerprint density at radius 2 is 2.21 bits per heavy atom. The smallest absolute Gasteiger partial charge is 0.334 e. The van der Waals surface area contributed by atoms with Gasteiger partial charge in [0.05, 0.1) is 23.7 Å². The lowest BCUT2D eigenvalue weighted by Crippen LogP contribution is -2.48. The summed E-state index contributed by atoms with van der Waals surface area (Å²) in [6.45, 7) is 0.168. The van der Waals surface area contributed by atoms with Crippen LogP contribution in [0.5, 0.6) is 0 Å². The van der Waals surface area contributed by atoms with Crippen LogP contribution in [0.4, 0.5) is 4.39 Å². The molecular formula is C12H11ClFNO4. The Morgan fingerprint density at radius 1 is 1.47 bits per heavy atom. The number of ether oxygens (including phenoxy) is 1. The summed E-state index contributed by atoms with van der Waals surface area (Å²) >= 11 is 5.81. The first-order valence-electron chi connectivity index (χ1n) is 5.58. The van der Waals surface area contributed by atoms with Crippen molar-refractivity contribution in [3.63, 3.8) is 0 Å². The van der Waals surface area contributed by atoms with Crippen LogP contribution >= 0.6 is 11.6 Å². The molecule has 1 saturated heterocycles. The molecule has 1 fully saturated rings. The Morgan fingerprint density at radius 3 is 2.84 bits per heavy atom. The van der Waals surface area contributed by atoms with Crippen molar-refractivity contribution in [2.75, 3.05) is 19.7 Å². The summed E-state index contributed by atoms with van der Waals surface area (Å²) in [4.78, 5) is 24.2. The van der Waals surface area contributed by atoms with Crippen molar-refractivity contribution in [1.82, 2.24) is 4.90 Å². The van der Waals surface area contributed by atoms with E-state index in [4.69, 9.17) is 21.4 Å². The van der Waals surface area contributed by atoms with Crippen LogP contribution < -0.4 is 0 Å². The van der Waals surface area contributed by atoms with Crippen LogP contribution in [0.1, 0.15) is 10.4 Å². The molecule has 1 N–H and O–H groups in total. The van der Waals surface area contributed by atoms with Gasteiger partial charge in [-0.3, -0.25) is 4.79 Å². The Hall–Kier alpha value is -1.66. The lowest BCUT2D eigenvalue weighted by Gasteiger charge is -2.31. The number of amides is 1. The van der Waals surface area contributed by atoms with Crippen molar-refractivity contribution < 1.29 is 23.8 Å². The van der Waals surface area contributed by atoms with Gasteiger partial charge in [-0.15, -0.1) is 0 Å². The molecule has 2 rings (SSSR count). The molecule has 0 aliphatic carbocycles.